The van der Waals surface area contributed by atoms with E-state index >= 15 is 0 Å². The van der Waals surface area contributed by atoms with Crippen molar-refractivity contribution in [1.82, 2.24) is 14.7 Å². The molecule has 0 spiro atoms. The van der Waals surface area contributed by atoms with Crippen molar-refractivity contribution >= 4 is 23.4 Å². The summed E-state index contributed by atoms with van der Waals surface area (Å²) in [5, 5.41) is 4.28. The third kappa shape index (κ3) is 4.02. The summed E-state index contributed by atoms with van der Waals surface area (Å²) in [7, 11) is 0. The largest absolute Gasteiger partial charge is 0.490 e. The molecule has 0 radical (unpaired) electrons. The van der Waals surface area contributed by atoms with Gasteiger partial charge in [0.1, 0.15) is 11.4 Å². The maximum absolute atomic E-state index is 12.8. The predicted octanol–water partition coefficient (Wildman–Crippen LogP) is 5.16. The summed E-state index contributed by atoms with van der Waals surface area (Å²) in [5.41, 5.74) is 2.44. The molecule has 164 valence electrons. The third-order valence-electron chi connectivity index (χ3n) is 6.42. The van der Waals surface area contributed by atoms with Crippen LogP contribution in [0.1, 0.15) is 30.3 Å². The molecule has 5 rings (SSSR count). The van der Waals surface area contributed by atoms with Crippen molar-refractivity contribution in [3.8, 4) is 16.9 Å². The Kier molecular flexibility index (Phi) is 5.47. The van der Waals surface area contributed by atoms with Crippen molar-refractivity contribution in [2.24, 2.45) is 11.8 Å². The van der Waals surface area contributed by atoms with Gasteiger partial charge < -0.3 is 9.64 Å². The summed E-state index contributed by atoms with van der Waals surface area (Å²) >= 11 is 6.04. The number of fused-ring (bicyclic) bond motifs is 1. The highest BCUT2D eigenvalue weighted by Gasteiger charge is 2.43. The van der Waals surface area contributed by atoms with E-state index in [0.29, 0.717) is 24.9 Å². The van der Waals surface area contributed by atoms with Gasteiger partial charge in [-0.05, 0) is 47.9 Å². The van der Waals surface area contributed by atoms with E-state index in [-0.39, 0.29) is 28.6 Å². The molecule has 7 heteroatoms. The second-order valence-electron chi connectivity index (χ2n) is 8.64. The van der Waals surface area contributed by atoms with E-state index in [0.717, 1.165) is 24.2 Å². The maximum Gasteiger partial charge on any atom is 0.344 e. The molecule has 1 aliphatic heterocycles. The van der Waals surface area contributed by atoms with E-state index in [1.807, 2.05) is 30.3 Å². The number of rotatable bonds is 4. The van der Waals surface area contributed by atoms with Crippen LogP contribution >= 0.6 is 11.6 Å². The van der Waals surface area contributed by atoms with Gasteiger partial charge in [0.2, 0.25) is 0 Å². The van der Waals surface area contributed by atoms with E-state index in [4.69, 9.17) is 16.3 Å². The van der Waals surface area contributed by atoms with Crippen LogP contribution in [0.2, 0.25) is 5.02 Å². The highest BCUT2D eigenvalue weighted by molar-refractivity contribution is 6.33. The molecule has 3 aromatic rings. The second kappa shape index (κ2) is 8.43. The molecule has 2 fully saturated rings. The van der Waals surface area contributed by atoms with Gasteiger partial charge in [0.25, 0.3) is 0 Å². The molecule has 2 heterocycles. The monoisotopic (exact) mass is 449 g/mol. The van der Waals surface area contributed by atoms with Crippen LogP contribution in [0.5, 0.6) is 5.75 Å². The molecule has 1 unspecified atom stereocenters. The summed E-state index contributed by atoms with van der Waals surface area (Å²) in [4.78, 5) is 26.2. The van der Waals surface area contributed by atoms with Crippen LogP contribution < -0.4 is 4.74 Å². The Morgan fingerprint density at radius 3 is 2.34 bits per heavy atom. The average molecular weight is 450 g/mol. The van der Waals surface area contributed by atoms with Crippen LogP contribution in [0, 0.1) is 11.8 Å². The zero-order valence-corrected chi connectivity index (χ0v) is 18.5. The number of amides is 1. The molecule has 1 saturated heterocycles. The van der Waals surface area contributed by atoms with Crippen LogP contribution in [-0.4, -0.2) is 45.7 Å². The average Bonchev–Trinajstić information content (AvgIpc) is 3.47. The number of aromatic nitrogens is 2. The lowest BCUT2D eigenvalue weighted by Crippen LogP contribution is -2.34. The molecule has 1 aliphatic carbocycles. The zero-order valence-electron chi connectivity index (χ0n) is 17.8. The Hall–Kier alpha value is -3.12. The van der Waals surface area contributed by atoms with E-state index in [9.17, 15) is 9.59 Å². The molecule has 1 amide bonds. The number of Topliss-reactive ketones (excluding diaryl/α,β-unsaturated/α-hetero) is 1. The molecular formula is C25H24ClN3O3. The lowest BCUT2D eigenvalue weighted by molar-refractivity contribution is 0.101. The molecule has 6 nitrogen and oxygen atoms in total. The fourth-order valence-corrected chi connectivity index (χ4v) is 5.17. The minimum Gasteiger partial charge on any atom is -0.490 e. The van der Waals surface area contributed by atoms with Gasteiger partial charge in [0.05, 0.1) is 17.3 Å². The van der Waals surface area contributed by atoms with Gasteiger partial charge in [0, 0.05) is 20.0 Å². The number of benzene rings is 2. The van der Waals surface area contributed by atoms with Gasteiger partial charge in [-0.3, -0.25) is 4.79 Å². The fraction of sp³-hybridized carbons (Fsp3) is 0.320. The van der Waals surface area contributed by atoms with Crippen LogP contribution in [0.15, 0.2) is 60.8 Å². The van der Waals surface area contributed by atoms with E-state index in [1.54, 1.807) is 4.90 Å². The van der Waals surface area contributed by atoms with Gasteiger partial charge in [-0.1, -0.05) is 54.1 Å². The van der Waals surface area contributed by atoms with Crippen molar-refractivity contribution < 1.29 is 14.3 Å². The van der Waals surface area contributed by atoms with Crippen LogP contribution in [0.25, 0.3) is 11.1 Å². The number of carbonyl (C=O) groups is 2. The Morgan fingerprint density at radius 2 is 1.69 bits per heavy atom. The van der Waals surface area contributed by atoms with Gasteiger partial charge in [-0.15, -0.1) is 0 Å². The third-order valence-corrected chi connectivity index (χ3v) is 6.70. The Morgan fingerprint density at radius 1 is 1.00 bits per heavy atom. The number of ether oxygens (including phenoxy) is 1. The molecule has 2 aromatic carbocycles. The molecule has 1 aromatic heterocycles. The number of nitrogens with zero attached hydrogens (tertiary/aromatic N) is 3. The van der Waals surface area contributed by atoms with Gasteiger partial charge in [0.15, 0.2) is 5.78 Å². The first kappa shape index (κ1) is 20.8. The number of likely N-dealkylation sites (tertiary alicyclic amines) is 1. The van der Waals surface area contributed by atoms with Crippen molar-refractivity contribution in [1.29, 1.82) is 0 Å². The maximum atomic E-state index is 12.8. The highest BCUT2D eigenvalue weighted by atomic mass is 35.5. The molecule has 0 N–H and O–H groups in total. The molecule has 32 heavy (non-hydrogen) atoms. The summed E-state index contributed by atoms with van der Waals surface area (Å²) in [6, 6.07) is 18.2. The quantitative estimate of drug-likeness (QED) is 0.516. The summed E-state index contributed by atoms with van der Waals surface area (Å²) < 4.78 is 7.51. The summed E-state index contributed by atoms with van der Waals surface area (Å²) in [6.07, 6.45) is 3.41. The molecular weight excluding hydrogens is 426 g/mol. The Labute approximate surface area is 191 Å². The lowest BCUT2D eigenvalue weighted by Gasteiger charge is -2.20. The first-order chi connectivity index (χ1) is 15.5. The van der Waals surface area contributed by atoms with Gasteiger partial charge >= 0.3 is 6.03 Å². The van der Waals surface area contributed by atoms with Crippen LogP contribution in [0.4, 0.5) is 4.79 Å². The number of hydrogen-bond acceptors (Lipinski definition) is 4. The minimum atomic E-state index is -0.254. The van der Waals surface area contributed by atoms with E-state index in [1.165, 1.54) is 23.4 Å². The smallest absolute Gasteiger partial charge is 0.344 e. The van der Waals surface area contributed by atoms with Crippen LogP contribution in [-0.2, 0) is 0 Å². The van der Waals surface area contributed by atoms with Crippen molar-refractivity contribution in [3.63, 3.8) is 0 Å². The number of ketones is 1. The first-order valence-corrected chi connectivity index (χ1v) is 11.2. The number of halogens is 1. The second-order valence-corrected chi connectivity index (χ2v) is 9.05. The topological polar surface area (TPSA) is 64.4 Å². The van der Waals surface area contributed by atoms with Crippen molar-refractivity contribution in [2.75, 3.05) is 13.1 Å². The summed E-state index contributed by atoms with van der Waals surface area (Å²) in [6.45, 7) is 2.72. The Balaban J connectivity index is 1.21. The highest BCUT2D eigenvalue weighted by Crippen LogP contribution is 2.40. The normalized spacial score (nSPS) is 22.1. The van der Waals surface area contributed by atoms with Gasteiger partial charge in [-0.2, -0.15) is 9.78 Å². The van der Waals surface area contributed by atoms with E-state index < -0.39 is 0 Å². The molecule has 3 atom stereocenters. The van der Waals surface area contributed by atoms with Crippen molar-refractivity contribution in [2.45, 2.75) is 25.9 Å². The standard InChI is InChI=1S/C25H24ClN3O3/c1-16(30)24-23(26)15-29(27-24)25(31)28-13-19-11-22(12-20(19)14-28)32-21-9-5-8-18(10-21)17-6-3-2-4-7-17/h2-10,15,19-20,22H,11-14H2,1H3/t19-,20+,22?. The van der Waals surface area contributed by atoms with Gasteiger partial charge in [-0.25, -0.2) is 4.79 Å². The van der Waals surface area contributed by atoms with Crippen LogP contribution in [0.3, 0.4) is 0 Å². The molecule has 1 saturated carbocycles. The Bertz CT molecular complexity index is 1150. The SMILES string of the molecule is CC(=O)c1nn(C(=O)N2C[C@H]3CC(Oc4cccc(-c5ccccc5)c4)C[C@H]3C2)cc1Cl. The fourth-order valence-electron chi connectivity index (χ4n) is 4.90. The van der Waals surface area contributed by atoms with Crippen molar-refractivity contribution in [3.05, 3.63) is 71.5 Å². The molecule has 0 bridgehead atoms. The number of hydrogen-bond donors (Lipinski definition) is 0. The summed E-state index contributed by atoms with van der Waals surface area (Å²) in [5.74, 6) is 1.43. The first-order valence-electron chi connectivity index (χ1n) is 10.9. The predicted molar refractivity (Wildman–Crippen MR) is 122 cm³/mol. The molecule has 2 aliphatic rings. The number of carbonyl (C=O) groups excluding carboxylic acids is 2. The van der Waals surface area contributed by atoms with E-state index in [2.05, 4.69) is 29.4 Å². The zero-order chi connectivity index (χ0) is 22.2. The lowest BCUT2D eigenvalue weighted by atomic mass is 10.0. The minimum absolute atomic E-state index is 0.130.